The Balaban J connectivity index is 2.22. The van der Waals surface area contributed by atoms with Crippen molar-refractivity contribution in [3.05, 3.63) is 65.7 Å². The van der Waals surface area contributed by atoms with Gasteiger partial charge in [-0.15, -0.1) is 0 Å². The monoisotopic (exact) mass is 468 g/mol. The maximum atomic E-state index is 14.1. The van der Waals surface area contributed by atoms with Crippen LogP contribution in [0.15, 0.2) is 54.6 Å². The molecule has 0 saturated heterocycles. The fourth-order valence-electron chi connectivity index (χ4n) is 4.02. The van der Waals surface area contributed by atoms with Crippen LogP contribution >= 0.6 is 0 Å². The number of rotatable bonds is 6. The third kappa shape index (κ3) is 4.59. The molecule has 2 aromatic carbocycles. The van der Waals surface area contributed by atoms with E-state index < -0.39 is 41.0 Å². The molecule has 9 heteroatoms. The van der Waals surface area contributed by atoms with Gasteiger partial charge in [0, 0.05) is 5.56 Å². The third-order valence-electron chi connectivity index (χ3n) is 5.39. The maximum Gasteiger partial charge on any atom is 0.408 e. The quantitative estimate of drug-likeness (QED) is 0.394. The van der Waals surface area contributed by atoms with Gasteiger partial charge in [-0.25, -0.2) is 4.79 Å². The average molecular weight is 469 g/mol. The molecule has 0 radical (unpaired) electrons. The minimum absolute atomic E-state index is 0.142. The van der Waals surface area contributed by atoms with E-state index in [2.05, 4.69) is 5.32 Å². The normalized spacial score (nSPS) is 17.2. The first-order chi connectivity index (χ1) is 16.0. The highest BCUT2D eigenvalue weighted by Gasteiger charge is 2.63. The molecule has 2 aromatic rings. The molecule has 1 atom stereocenters. The van der Waals surface area contributed by atoms with Crippen molar-refractivity contribution in [1.29, 1.82) is 0 Å². The number of methoxy groups -OCH3 is 2. The number of para-hydroxylation sites is 1. The number of esters is 2. The lowest BCUT2D eigenvalue weighted by Crippen LogP contribution is -2.62. The molecule has 34 heavy (non-hydrogen) atoms. The van der Waals surface area contributed by atoms with Gasteiger partial charge in [-0.1, -0.05) is 48.5 Å². The largest absolute Gasteiger partial charge is 0.468 e. The second kappa shape index (κ2) is 9.54. The molecule has 0 aromatic heterocycles. The van der Waals surface area contributed by atoms with Crippen LogP contribution in [0, 0.1) is 5.92 Å². The number of anilines is 1. The van der Waals surface area contributed by atoms with Gasteiger partial charge in [-0.3, -0.25) is 14.4 Å². The predicted octanol–water partition coefficient (Wildman–Crippen LogP) is 2.92. The van der Waals surface area contributed by atoms with Crippen LogP contribution < -0.4 is 10.2 Å². The Labute approximate surface area is 198 Å². The molecule has 0 spiro atoms. The van der Waals surface area contributed by atoms with Crippen molar-refractivity contribution in [3.8, 4) is 0 Å². The third-order valence-corrected chi connectivity index (χ3v) is 5.39. The number of ether oxygens (including phenoxy) is 3. The fourth-order valence-corrected chi connectivity index (χ4v) is 4.02. The van der Waals surface area contributed by atoms with Crippen LogP contribution in [0.1, 0.15) is 31.9 Å². The number of carbonyl (C=O) groups excluding carboxylic acids is 4. The van der Waals surface area contributed by atoms with E-state index in [0.717, 1.165) is 19.8 Å². The van der Waals surface area contributed by atoms with Crippen LogP contribution in [0.25, 0.3) is 0 Å². The van der Waals surface area contributed by atoms with Gasteiger partial charge in [0.25, 0.3) is 5.91 Å². The van der Waals surface area contributed by atoms with Crippen LogP contribution in [0.3, 0.4) is 0 Å². The molecule has 1 aliphatic heterocycles. The smallest absolute Gasteiger partial charge is 0.408 e. The summed E-state index contributed by atoms with van der Waals surface area (Å²) < 4.78 is 15.1. The van der Waals surface area contributed by atoms with Gasteiger partial charge in [-0.05, 0) is 32.4 Å². The van der Waals surface area contributed by atoms with Crippen molar-refractivity contribution in [3.63, 3.8) is 0 Å². The highest BCUT2D eigenvalue weighted by molar-refractivity contribution is 6.15. The Morgan fingerprint density at radius 1 is 0.941 bits per heavy atom. The molecular weight excluding hydrogens is 440 g/mol. The number of amides is 2. The van der Waals surface area contributed by atoms with Gasteiger partial charge in [0.15, 0.2) is 11.5 Å². The van der Waals surface area contributed by atoms with Crippen LogP contribution in [0.2, 0.25) is 0 Å². The van der Waals surface area contributed by atoms with Crippen molar-refractivity contribution < 1.29 is 33.4 Å². The zero-order valence-electron chi connectivity index (χ0n) is 19.8. The lowest BCUT2D eigenvalue weighted by molar-refractivity contribution is -0.165. The Kier molecular flexibility index (Phi) is 6.95. The Morgan fingerprint density at radius 3 is 2.06 bits per heavy atom. The molecule has 3 rings (SSSR count). The van der Waals surface area contributed by atoms with Crippen molar-refractivity contribution in [2.75, 3.05) is 19.1 Å². The summed E-state index contributed by atoms with van der Waals surface area (Å²) in [6.07, 6.45) is -0.977. The molecule has 1 N–H and O–H groups in total. The Bertz CT molecular complexity index is 1080. The number of benzene rings is 2. The molecule has 0 bridgehead atoms. The average Bonchev–Trinajstić information content (AvgIpc) is 3.01. The first kappa shape index (κ1) is 24.8. The molecule has 0 fully saturated rings. The summed E-state index contributed by atoms with van der Waals surface area (Å²) in [6, 6.07) is 15.8. The summed E-state index contributed by atoms with van der Waals surface area (Å²) in [6.45, 7) is 5.11. The molecule has 1 aliphatic rings. The number of hydrogen-bond acceptors (Lipinski definition) is 7. The SMILES string of the molecule is COC(=O)C(C(=O)OC)[C@]1(NC(=O)OC(C)(C)C)C(=O)N(Cc2ccccc2)c2ccccc21. The summed E-state index contributed by atoms with van der Waals surface area (Å²) in [5, 5.41) is 2.55. The van der Waals surface area contributed by atoms with Gasteiger partial charge in [-0.2, -0.15) is 0 Å². The van der Waals surface area contributed by atoms with Crippen molar-refractivity contribution in [2.24, 2.45) is 5.92 Å². The Hall–Kier alpha value is -3.88. The second-order valence-electron chi connectivity index (χ2n) is 8.81. The summed E-state index contributed by atoms with van der Waals surface area (Å²) >= 11 is 0. The van der Waals surface area contributed by atoms with Crippen LogP contribution in [-0.4, -0.2) is 43.8 Å². The second-order valence-corrected chi connectivity index (χ2v) is 8.81. The van der Waals surface area contributed by atoms with E-state index in [4.69, 9.17) is 14.2 Å². The number of fused-ring (bicyclic) bond motifs is 1. The van der Waals surface area contributed by atoms with Crippen molar-refractivity contribution >= 4 is 29.6 Å². The van der Waals surface area contributed by atoms with Gasteiger partial charge in [0.05, 0.1) is 26.5 Å². The number of hydrogen-bond donors (Lipinski definition) is 1. The number of alkyl carbamates (subject to hydrolysis) is 1. The van der Waals surface area contributed by atoms with E-state index in [0.29, 0.717) is 5.69 Å². The molecule has 0 aliphatic carbocycles. The number of nitrogens with one attached hydrogen (secondary N) is 1. The molecule has 0 saturated carbocycles. The summed E-state index contributed by atoms with van der Waals surface area (Å²) in [5.41, 5.74) is -1.55. The minimum Gasteiger partial charge on any atom is -0.468 e. The van der Waals surface area contributed by atoms with E-state index in [9.17, 15) is 19.2 Å². The lowest BCUT2D eigenvalue weighted by Gasteiger charge is -2.34. The van der Waals surface area contributed by atoms with Crippen molar-refractivity contribution in [1.82, 2.24) is 5.32 Å². The summed E-state index contributed by atoms with van der Waals surface area (Å²) in [5.74, 6) is -4.58. The highest BCUT2D eigenvalue weighted by Crippen LogP contribution is 2.46. The van der Waals surface area contributed by atoms with Gasteiger partial charge in [0.2, 0.25) is 0 Å². The van der Waals surface area contributed by atoms with E-state index >= 15 is 0 Å². The van der Waals surface area contributed by atoms with Gasteiger partial charge in [0.1, 0.15) is 5.60 Å². The lowest BCUT2D eigenvalue weighted by atomic mass is 9.78. The van der Waals surface area contributed by atoms with E-state index in [1.807, 2.05) is 30.3 Å². The molecule has 9 nitrogen and oxygen atoms in total. The molecular formula is C25H28N2O7. The first-order valence-electron chi connectivity index (χ1n) is 10.7. The summed E-state index contributed by atoms with van der Waals surface area (Å²) in [4.78, 5) is 54.3. The number of nitrogens with zero attached hydrogens (tertiary/aromatic N) is 1. The van der Waals surface area contributed by atoms with E-state index in [1.54, 1.807) is 45.0 Å². The summed E-state index contributed by atoms with van der Waals surface area (Å²) in [7, 11) is 2.18. The van der Waals surface area contributed by atoms with Crippen LogP contribution in [0.4, 0.5) is 10.5 Å². The van der Waals surface area contributed by atoms with Crippen LogP contribution in [-0.2, 0) is 40.7 Å². The Morgan fingerprint density at radius 2 is 1.50 bits per heavy atom. The van der Waals surface area contributed by atoms with E-state index in [1.165, 1.54) is 4.90 Å². The van der Waals surface area contributed by atoms with Crippen LogP contribution in [0.5, 0.6) is 0 Å². The van der Waals surface area contributed by atoms with Crippen molar-refractivity contribution in [2.45, 2.75) is 38.5 Å². The molecule has 0 unspecified atom stereocenters. The topological polar surface area (TPSA) is 111 Å². The standard InChI is InChI=1S/C25H28N2O7/c1-24(2,3)34-23(31)26-25(19(20(28)32-4)21(29)33-5)17-13-9-10-14-18(17)27(22(25)30)15-16-11-7-6-8-12-16/h6-14,19H,15H2,1-5H3,(H,26,31)/t25-/m0/s1. The van der Waals surface area contributed by atoms with Gasteiger partial charge >= 0.3 is 18.0 Å². The molecule has 2 amide bonds. The van der Waals surface area contributed by atoms with E-state index in [-0.39, 0.29) is 12.1 Å². The molecule has 1 heterocycles. The zero-order valence-corrected chi connectivity index (χ0v) is 19.8. The number of carbonyl (C=O) groups is 4. The minimum atomic E-state index is -2.14. The van der Waals surface area contributed by atoms with Gasteiger partial charge < -0.3 is 24.4 Å². The molecule has 180 valence electrons. The fraction of sp³-hybridized carbons (Fsp3) is 0.360. The maximum absolute atomic E-state index is 14.1. The predicted molar refractivity (Wildman–Crippen MR) is 123 cm³/mol. The highest BCUT2D eigenvalue weighted by atomic mass is 16.6. The first-order valence-corrected chi connectivity index (χ1v) is 10.7. The zero-order chi connectivity index (χ0) is 25.1.